The molecule has 1 aliphatic rings. The quantitative estimate of drug-likeness (QED) is 0.895. The number of hydrogen-bond acceptors (Lipinski definition) is 4. The van der Waals surface area contributed by atoms with Gasteiger partial charge in [-0.1, -0.05) is 22.0 Å². The van der Waals surface area contributed by atoms with Gasteiger partial charge in [0.1, 0.15) is 0 Å². The molecule has 0 radical (unpaired) electrons. The number of nitrogens with one attached hydrogen (secondary N) is 2. The van der Waals surface area contributed by atoms with E-state index in [0.717, 1.165) is 41.2 Å². The Hall–Kier alpha value is -1.46. The Morgan fingerprint density at radius 2 is 2.17 bits per heavy atom. The normalized spacial score (nSPS) is 14.1. The van der Waals surface area contributed by atoms with Gasteiger partial charge in [0.25, 0.3) is 0 Å². The molecule has 0 unspecified atom stereocenters. The lowest BCUT2D eigenvalue weighted by Gasteiger charge is -2.16. The highest BCUT2D eigenvalue weighted by molar-refractivity contribution is 9.10. The van der Waals surface area contributed by atoms with Crippen molar-refractivity contribution in [2.24, 2.45) is 0 Å². The van der Waals surface area contributed by atoms with E-state index in [2.05, 4.69) is 42.8 Å². The summed E-state index contributed by atoms with van der Waals surface area (Å²) in [7, 11) is 0. The van der Waals surface area contributed by atoms with Crippen molar-refractivity contribution < 1.29 is 0 Å². The van der Waals surface area contributed by atoms with Gasteiger partial charge in [0.15, 0.2) is 5.82 Å². The number of aromatic nitrogens is 2. The summed E-state index contributed by atoms with van der Waals surface area (Å²) in [5.41, 5.74) is 3.34. The average Bonchev–Trinajstić information content (AvgIpc) is 2.39. The van der Waals surface area contributed by atoms with E-state index in [-0.39, 0.29) is 0 Å². The van der Waals surface area contributed by atoms with E-state index in [4.69, 9.17) is 0 Å². The number of rotatable bonds is 2. The largest absolute Gasteiger partial charge is 0.339 e. The first-order valence-corrected chi connectivity index (χ1v) is 6.69. The SMILES string of the molecule is Brc1cccc(Nc2cc3c(nn2)CCNC3)c1. The molecule has 2 aromatic rings. The van der Waals surface area contributed by atoms with Crippen LogP contribution in [-0.4, -0.2) is 16.7 Å². The number of hydrogen-bond donors (Lipinski definition) is 2. The molecule has 4 nitrogen and oxygen atoms in total. The maximum atomic E-state index is 4.27. The molecule has 0 fully saturated rings. The summed E-state index contributed by atoms with van der Waals surface area (Å²) in [6.45, 7) is 1.86. The highest BCUT2D eigenvalue weighted by atomic mass is 79.9. The van der Waals surface area contributed by atoms with Gasteiger partial charge in [-0.05, 0) is 29.8 Å². The van der Waals surface area contributed by atoms with E-state index >= 15 is 0 Å². The van der Waals surface area contributed by atoms with Crippen molar-refractivity contribution in [3.05, 3.63) is 46.1 Å². The van der Waals surface area contributed by atoms with Gasteiger partial charge in [-0.25, -0.2) is 0 Å². The number of nitrogens with zero attached hydrogens (tertiary/aromatic N) is 2. The number of fused-ring (bicyclic) bond motifs is 1. The van der Waals surface area contributed by atoms with E-state index in [0.29, 0.717) is 0 Å². The van der Waals surface area contributed by atoms with Crippen LogP contribution in [0.3, 0.4) is 0 Å². The van der Waals surface area contributed by atoms with Gasteiger partial charge >= 0.3 is 0 Å². The van der Waals surface area contributed by atoms with Crippen LogP contribution in [0.5, 0.6) is 0 Å². The van der Waals surface area contributed by atoms with Crippen molar-refractivity contribution in [1.29, 1.82) is 0 Å². The van der Waals surface area contributed by atoms with Crippen LogP contribution in [0.25, 0.3) is 0 Å². The molecule has 18 heavy (non-hydrogen) atoms. The zero-order chi connectivity index (χ0) is 12.4. The van der Waals surface area contributed by atoms with Crippen molar-refractivity contribution >= 4 is 27.4 Å². The maximum Gasteiger partial charge on any atom is 0.153 e. The van der Waals surface area contributed by atoms with Crippen LogP contribution >= 0.6 is 15.9 Å². The average molecular weight is 305 g/mol. The van der Waals surface area contributed by atoms with Crippen molar-refractivity contribution in [1.82, 2.24) is 15.5 Å². The number of anilines is 2. The Bertz CT molecular complexity index is 571. The first-order chi connectivity index (χ1) is 8.81. The molecule has 0 atom stereocenters. The smallest absolute Gasteiger partial charge is 0.153 e. The van der Waals surface area contributed by atoms with Gasteiger partial charge in [0, 0.05) is 29.7 Å². The van der Waals surface area contributed by atoms with E-state index in [1.807, 2.05) is 24.3 Å². The van der Waals surface area contributed by atoms with E-state index in [1.54, 1.807) is 0 Å². The molecule has 0 bridgehead atoms. The summed E-state index contributed by atoms with van der Waals surface area (Å²) in [4.78, 5) is 0. The third-order valence-electron chi connectivity index (χ3n) is 2.91. The van der Waals surface area contributed by atoms with Crippen LogP contribution in [0, 0.1) is 0 Å². The number of halogens is 1. The third-order valence-corrected chi connectivity index (χ3v) is 3.40. The Balaban J connectivity index is 1.85. The minimum Gasteiger partial charge on any atom is -0.339 e. The highest BCUT2D eigenvalue weighted by Gasteiger charge is 2.11. The Morgan fingerprint density at radius 1 is 1.22 bits per heavy atom. The summed E-state index contributed by atoms with van der Waals surface area (Å²) in [5.74, 6) is 0.788. The second kappa shape index (κ2) is 5.04. The maximum absolute atomic E-state index is 4.27. The molecular formula is C13H13BrN4. The predicted octanol–water partition coefficient (Wildman–Crippen LogP) is 2.63. The van der Waals surface area contributed by atoms with Gasteiger partial charge < -0.3 is 10.6 Å². The minimum absolute atomic E-state index is 0.788. The fourth-order valence-corrected chi connectivity index (χ4v) is 2.42. The van der Waals surface area contributed by atoms with Crippen molar-refractivity contribution in [2.75, 3.05) is 11.9 Å². The highest BCUT2D eigenvalue weighted by Crippen LogP contribution is 2.20. The first kappa shape index (κ1) is 11.6. The lowest BCUT2D eigenvalue weighted by molar-refractivity contribution is 0.621. The molecule has 0 saturated carbocycles. The van der Waals surface area contributed by atoms with Crippen LogP contribution < -0.4 is 10.6 Å². The second-order valence-corrected chi connectivity index (χ2v) is 5.18. The molecule has 2 N–H and O–H groups in total. The van der Waals surface area contributed by atoms with Crippen molar-refractivity contribution in [3.8, 4) is 0 Å². The topological polar surface area (TPSA) is 49.8 Å². The predicted molar refractivity (Wildman–Crippen MR) is 74.9 cm³/mol. The summed E-state index contributed by atoms with van der Waals surface area (Å²) >= 11 is 3.45. The van der Waals surface area contributed by atoms with Crippen LogP contribution in [0.4, 0.5) is 11.5 Å². The molecular weight excluding hydrogens is 292 g/mol. The molecule has 0 spiro atoms. The van der Waals surface area contributed by atoms with Crippen molar-refractivity contribution in [3.63, 3.8) is 0 Å². The first-order valence-electron chi connectivity index (χ1n) is 5.90. The summed E-state index contributed by atoms with van der Waals surface area (Å²) in [6.07, 6.45) is 0.958. The Kier molecular flexibility index (Phi) is 3.25. The lowest BCUT2D eigenvalue weighted by Crippen LogP contribution is -2.25. The fraction of sp³-hybridized carbons (Fsp3) is 0.231. The number of benzene rings is 1. The molecule has 2 heterocycles. The van der Waals surface area contributed by atoms with E-state index in [9.17, 15) is 0 Å². The van der Waals surface area contributed by atoms with E-state index < -0.39 is 0 Å². The Labute approximate surface area is 114 Å². The van der Waals surface area contributed by atoms with Gasteiger partial charge in [-0.2, -0.15) is 5.10 Å². The molecule has 5 heteroatoms. The molecule has 92 valence electrons. The lowest BCUT2D eigenvalue weighted by atomic mass is 10.1. The molecule has 0 amide bonds. The summed E-state index contributed by atoms with van der Waals surface area (Å²) < 4.78 is 1.04. The van der Waals surface area contributed by atoms with Gasteiger partial charge in [-0.15, -0.1) is 5.10 Å². The van der Waals surface area contributed by atoms with Gasteiger partial charge in [0.05, 0.1) is 5.69 Å². The molecule has 1 aromatic heterocycles. The minimum atomic E-state index is 0.788. The second-order valence-electron chi connectivity index (χ2n) is 4.26. The molecule has 3 rings (SSSR count). The summed E-state index contributed by atoms with van der Waals surface area (Å²) in [6, 6.07) is 10.1. The zero-order valence-corrected chi connectivity index (χ0v) is 11.4. The molecule has 1 aromatic carbocycles. The van der Waals surface area contributed by atoms with Crippen LogP contribution in [-0.2, 0) is 13.0 Å². The van der Waals surface area contributed by atoms with Gasteiger partial charge in [0.2, 0.25) is 0 Å². The monoisotopic (exact) mass is 304 g/mol. The van der Waals surface area contributed by atoms with Crippen LogP contribution in [0.15, 0.2) is 34.8 Å². The summed E-state index contributed by atoms with van der Waals surface area (Å²) in [5, 5.41) is 15.1. The fourth-order valence-electron chi connectivity index (χ4n) is 2.02. The van der Waals surface area contributed by atoms with Crippen LogP contribution in [0.1, 0.15) is 11.3 Å². The van der Waals surface area contributed by atoms with E-state index in [1.165, 1.54) is 5.56 Å². The standard InChI is InChI=1S/C13H13BrN4/c14-10-2-1-3-11(7-10)16-13-6-9-8-15-5-4-12(9)17-18-13/h1-3,6-7,15H,4-5,8H2,(H,16,18). The third kappa shape index (κ3) is 2.52. The van der Waals surface area contributed by atoms with Crippen LogP contribution in [0.2, 0.25) is 0 Å². The van der Waals surface area contributed by atoms with Gasteiger partial charge in [-0.3, -0.25) is 0 Å². The zero-order valence-electron chi connectivity index (χ0n) is 9.78. The Morgan fingerprint density at radius 3 is 3.06 bits per heavy atom. The molecule has 0 saturated heterocycles. The molecule has 0 aliphatic carbocycles. The molecule has 1 aliphatic heterocycles. The van der Waals surface area contributed by atoms with Crippen molar-refractivity contribution in [2.45, 2.75) is 13.0 Å².